The minimum atomic E-state index is -0.296. The second kappa shape index (κ2) is 12.5. The van der Waals surface area contributed by atoms with Gasteiger partial charge in [-0.25, -0.2) is 10.4 Å². The number of para-hydroxylation sites is 1. The van der Waals surface area contributed by atoms with Gasteiger partial charge in [-0.15, -0.1) is 11.3 Å². The van der Waals surface area contributed by atoms with E-state index in [9.17, 15) is 4.79 Å². The Morgan fingerprint density at radius 1 is 1.00 bits per heavy atom. The van der Waals surface area contributed by atoms with E-state index < -0.39 is 0 Å². The molecule has 0 atom stereocenters. The van der Waals surface area contributed by atoms with Crippen molar-refractivity contribution in [3.05, 3.63) is 89.3 Å². The molecule has 184 valence electrons. The molecule has 8 heteroatoms. The van der Waals surface area contributed by atoms with Gasteiger partial charge in [-0.3, -0.25) is 4.79 Å². The van der Waals surface area contributed by atoms with Crippen molar-refractivity contribution >= 4 is 34.3 Å². The quantitative estimate of drug-likeness (QED) is 0.181. The molecule has 0 saturated carbocycles. The van der Waals surface area contributed by atoms with Crippen molar-refractivity contribution in [1.82, 2.24) is 10.4 Å². The first-order chi connectivity index (χ1) is 17.7. The summed E-state index contributed by atoms with van der Waals surface area (Å²) < 4.78 is 11.4. The largest absolute Gasteiger partial charge is 0.490 e. The maximum Gasteiger partial charge on any atom is 0.271 e. The van der Waals surface area contributed by atoms with Crippen LogP contribution in [0.4, 0.5) is 10.8 Å². The van der Waals surface area contributed by atoms with Gasteiger partial charge in [0.25, 0.3) is 5.91 Å². The van der Waals surface area contributed by atoms with Crippen molar-refractivity contribution in [2.24, 2.45) is 5.10 Å². The molecule has 0 spiro atoms. The molecule has 0 aliphatic carbocycles. The first kappa shape index (κ1) is 24.9. The predicted octanol–water partition coefficient (Wildman–Crippen LogP) is 6.51. The van der Waals surface area contributed by atoms with E-state index in [0.717, 1.165) is 34.1 Å². The van der Waals surface area contributed by atoms with Crippen LogP contribution in [0.3, 0.4) is 0 Å². The second-order valence-corrected chi connectivity index (χ2v) is 8.65. The molecule has 4 aromatic rings. The Labute approximate surface area is 214 Å². The van der Waals surface area contributed by atoms with Crippen LogP contribution in [0, 0.1) is 0 Å². The predicted molar refractivity (Wildman–Crippen MR) is 146 cm³/mol. The summed E-state index contributed by atoms with van der Waals surface area (Å²) in [7, 11) is 0. The van der Waals surface area contributed by atoms with E-state index in [1.165, 1.54) is 11.3 Å². The number of anilines is 2. The second-order valence-electron chi connectivity index (χ2n) is 7.79. The van der Waals surface area contributed by atoms with Crippen LogP contribution in [0.15, 0.2) is 83.3 Å². The van der Waals surface area contributed by atoms with E-state index in [1.807, 2.05) is 73.0 Å². The molecule has 0 saturated heterocycles. The molecular formula is C28H28N4O3S. The highest BCUT2D eigenvalue weighted by Gasteiger charge is 2.09. The normalized spacial score (nSPS) is 10.8. The van der Waals surface area contributed by atoms with Crippen molar-refractivity contribution in [2.75, 3.05) is 18.5 Å². The van der Waals surface area contributed by atoms with E-state index in [1.54, 1.807) is 18.3 Å². The number of carbonyl (C=O) groups is 1. The van der Waals surface area contributed by atoms with Gasteiger partial charge in [0.05, 0.1) is 25.1 Å². The van der Waals surface area contributed by atoms with Crippen LogP contribution in [0.1, 0.15) is 36.2 Å². The highest BCUT2D eigenvalue weighted by molar-refractivity contribution is 7.14. The maximum absolute atomic E-state index is 12.5. The van der Waals surface area contributed by atoms with E-state index in [4.69, 9.17) is 9.47 Å². The molecule has 1 aromatic heterocycles. The first-order valence-electron chi connectivity index (χ1n) is 11.8. The zero-order chi connectivity index (χ0) is 25.2. The summed E-state index contributed by atoms with van der Waals surface area (Å²) in [5, 5.41) is 10.2. The molecule has 0 fully saturated rings. The fourth-order valence-electron chi connectivity index (χ4n) is 3.34. The van der Waals surface area contributed by atoms with Gasteiger partial charge in [-0.1, -0.05) is 37.3 Å². The van der Waals surface area contributed by atoms with Crippen molar-refractivity contribution < 1.29 is 14.3 Å². The highest BCUT2D eigenvalue weighted by atomic mass is 32.1. The third-order valence-electron chi connectivity index (χ3n) is 5.08. The third kappa shape index (κ3) is 6.70. The number of hydrazone groups is 1. The van der Waals surface area contributed by atoms with Crippen molar-refractivity contribution in [3.63, 3.8) is 0 Å². The number of amides is 1. The van der Waals surface area contributed by atoms with E-state index >= 15 is 0 Å². The van der Waals surface area contributed by atoms with Crippen LogP contribution in [-0.4, -0.2) is 30.3 Å². The average Bonchev–Trinajstić information content (AvgIpc) is 3.37. The van der Waals surface area contributed by atoms with Gasteiger partial charge in [0, 0.05) is 22.2 Å². The number of hydrogen-bond donors (Lipinski definition) is 2. The Morgan fingerprint density at radius 2 is 1.81 bits per heavy atom. The lowest BCUT2D eigenvalue weighted by Gasteiger charge is -2.11. The number of thiazole rings is 1. The third-order valence-corrected chi connectivity index (χ3v) is 5.84. The minimum absolute atomic E-state index is 0.296. The number of aromatic nitrogens is 1. The van der Waals surface area contributed by atoms with E-state index in [0.29, 0.717) is 30.3 Å². The van der Waals surface area contributed by atoms with Gasteiger partial charge in [0.1, 0.15) is 0 Å². The van der Waals surface area contributed by atoms with Crippen molar-refractivity contribution in [3.8, 4) is 22.8 Å². The summed E-state index contributed by atoms with van der Waals surface area (Å²) in [6.07, 6.45) is 2.49. The summed E-state index contributed by atoms with van der Waals surface area (Å²) in [5.74, 6) is 1.06. The number of hydrogen-bond acceptors (Lipinski definition) is 7. The summed E-state index contributed by atoms with van der Waals surface area (Å²) in [6.45, 7) is 5.13. The summed E-state index contributed by atoms with van der Waals surface area (Å²) >= 11 is 1.53. The van der Waals surface area contributed by atoms with Crippen LogP contribution in [0.2, 0.25) is 0 Å². The summed E-state index contributed by atoms with van der Waals surface area (Å²) in [4.78, 5) is 17.2. The summed E-state index contributed by atoms with van der Waals surface area (Å²) in [5.41, 5.74) is 6.64. The molecule has 36 heavy (non-hydrogen) atoms. The molecule has 0 unspecified atom stereocenters. The van der Waals surface area contributed by atoms with Crippen LogP contribution < -0.4 is 20.2 Å². The van der Waals surface area contributed by atoms with Gasteiger partial charge in [-0.2, -0.15) is 5.10 Å². The Bertz CT molecular complexity index is 1300. The number of ether oxygens (including phenoxy) is 2. The standard InChI is InChI=1S/C28H28N4O3S/c1-3-16-35-25-15-10-20(17-26(25)34-4-2)18-29-32-27(33)22-13-11-21(12-14-22)24-19-36-28(31-24)30-23-8-6-5-7-9-23/h5-15,17-19H,3-4,16H2,1-2H3,(H,30,31)(H,32,33)/b29-18-. The SMILES string of the molecule is CCCOc1ccc(/C=N\NC(=O)c2ccc(-c3csc(Nc4ccccc4)n3)cc2)cc1OCC. The lowest BCUT2D eigenvalue weighted by atomic mass is 10.1. The number of carbonyl (C=O) groups excluding carboxylic acids is 1. The molecule has 0 aliphatic heterocycles. The van der Waals surface area contributed by atoms with Crippen LogP contribution in [0.5, 0.6) is 11.5 Å². The van der Waals surface area contributed by atoms with Crippen LogP contribution in [-0.2, 0) is 0 Å². The number of rotatable bonds is 11. The molecule has 0 aliphatic rings. The van der Waals surface area contributed by atoms with E-state index in [-0.39, 0.29) is 5.91 Å². The minimum Gasteiger partial charge on any atom is -0.490 e. The van der Waals surface area contributed by atoms with Crippen molar-refractivity contribution in [2.45, 2.75) is 20.3 Å². The Hall–Kier alpha value is -4.17. The van der Waals surface area contributed by atoms with Gasteiger partial charge in [0.2, 0.25) is 0 Å². The lowest BCUT2D eigenvalue weighted by Crippen LogP contribution is -2.17. The molecular weight excluding hydrogens is 472 g/mol. The zero-order valence-corrected chi connectivity index (χ0v) is 21.0. The fourth-order valence-corrected chi connectivity index (χ4v) is 4.08. The van der Waals surface area contributed by atoms with Crippen LogP contribution in [0.25, 0.3) is 11.3 Å². The molecule has 0 bridgehead atoms. The Kier molecular flexibility index (Phi) is 8.67. The van der Waals surface area contributed by atoms with Gasteiger partial charge >= 0.3 is 0 Å². The fraction of sp³-hybridized carbons (Fsp3) is 0.179. The number of nitrogens with one attached hydrogen (secondary N) is 2. The molecule has 1 heterocycles. The Morgan fingerprint density at radius 3 is 2.56 bits per heavy atom. The molecule has 7 nitrogen and oxygen atoms in total. The van der Waals surface area contributed by atoms with Gasteiger partial charge in [0.15, 0.2) is 16.6 Å². The monoisotopic (exact) mass is 500 g/mol. The van der Waals surface area contributed by atoms with E-state index in [2.05, 4.69) is 27.8 Å². The molecule has 1 amide bonds. The molecule has 2 N–H and O–H groups in total. The molecule has 4 rings (SSSR count). The zero-order valence-electron chi connectivity index (χ0n) is 20.2. The topological polar surface area (TPSA) is 84.8 Å². The average molecular weight is 501 g/mol. The number of benzene rings is 3. The van der Waals surface area contributed by atoms with Gasteiger partial charge < -0.3 is 14.8 Å². The first-order valence-corrected chi connectivity index (χ1v) is 12.6. The molecule has 3 aromatic carbocycles. The Balaban J connectivity index is 1.35. The van der Waals surface area contributed by atoms with Crippen LogP contribution >= 0.6 is 11.3 Å². The summed E-state index contributed by atoms with van der Waals surface area (Å²) in [6, 6.07) is 22.7. The van der Waals surface area contributed by atoms with Crippen molar-refractivity contribution in [1.29, 1.82) is 0 Å². The highest BCUT2D eigenvalue weighted by Crippen LogP contribution is 2.29. The molecule has 0 radical (unpaired) electrons. The van der Waals surface area contributed by atoms with Gasteiger partial charge in [-0.05, 0) is 61.4 Å². The lowest BCUT2D eigenvalue weighted by molar-refractivity contribution is 0.0955. The maximum atomic E-state index is 12.5. The smallest absolute Gasteiger partial charge is 0.271 e. The number of nitrogens with zero attached hydrogens (tertiary/aromatic N) is 2.